The van der Waals surface area contributed by atoms with Crippen LogP contribution in [0.5, 0.6) is 23.0 Å². The van der Waals surface area contributed by atoms with Crippen molar-refractivity contribution in [2.24, 2.45) is 0 Å². The zero-order valence-electron chi connectivity index (χ0n) is 22.7. The molecule has 5 heteroatoms. The lowest BCUT2D eigenvalue weighted by atomic mass is 10.0. The normalized spacial score (nSPS) is 15.7. The molecule has 0 aliphatic carbocycles. The lowest BCUT2D eigenvalue weighted by molar-refractivity contribution is 0.229. The van der Waals surface area contributed by atoms with E-state index >= 15 is 0 Å². The van der Waals surface area contributed by atoms with Gasteiger partial charge in [-0.25, -0.2) is 0 Å². The van der Waals surface area contributed by atoms with Crippen LogP contribution in [0.15, 0.2) is 127 Å². The minimum absolute atomic E-state index is 0.0525. The van der Waals surface area contributed by atoms with E-state index in [2.05, 4.69) is 0 Å². The van der Waals surface area contributed by atoms with Crippen LogP contribution in [0, 0.1) is 0 Å². The van der Waals surface area contributed by atoms with Crippen molar-refractivity contribution in [2.45, 2.75) is 38.4 Å². The number of hydrogen-bond donors (Lipinski definition) is 1. The average Bonchev–Trinajstić information content (AvgIpc) is 3.80. The Kier molecular flexibility index (Phi) is 8.15. The molecule has 2 atom stereocenters. The Balaban J connectivity index is 1.31. The van der Waals surface area contributed by atoms with E-state index in [1.54, 1.807) is 6.07 Å². The predicted molar refractivity (Wildman–Crippen MR) is 158 cm³/mol. The highest BCUT2D eigenvalue weighted by Crippen LogP contribution is 2.48. The standard InChI is InChI=1S/C36H32O5/c37-31-19-11-10-18-29(31)20-34-35(41-34)30-21-32(38-23-26-12-4-1-5-13-26)36(40-25-28-16-8-3-9-17-28)33(22-30)39-24-27-14-6-2-7-15-27/h1-19,21-22,34-35,37H,20,23-25H2/t34-,35+/m1/s1. The first kappa shape index (κ1) is 26.5. The van der Waals surface area contributed by atoms with Gasteiger partial charge in [0.25, 0.3) is 0 Å². The lowest BCUT2D eigenvalue weighted by Crippen LogP contribution is -2.05. The maximum atomic E-state index is 10.3. The molecule has 0 bridgehead atoms. The Morgan fingerprint density at radius 1 is 0.561 bits per heavy atom. The molecular weight excluding hydrogens is 512 g/mol. The number of rotatable bonds is 12. The molecule has 5 aromatic carbocycles. The van der Waals surface area contributed by atoms with Crippen LogP contribution in [-0.4, -0.2) is 11.2 Å². The van der Waals surface area contributed by atoms with E-state index in [0.717, 1.165) is 27.8 Å². The van der Waals surface area contributed by atoms with E-state index in [1.165, 1.54) is 0 Å². The highest BCUT2D eigenvalue weighted by Gasteiger charge is 2.41. The van der Waals surface area contributed by atoms with E-state index in [1.807, 2.05) is 121 Å². The highest BCUT2D eigenvalue weighted by atomic mass is 16.6. The van der Waals surface area contributed by atoms with Gasteiger partial charge in [0.1, 0.15) is 31.7 Å². The van der Waals surface area contributed by atoms with E-state index < -0.39 is 0 Å². The number of aromatic hydroxyl groups is 1. The SMILES string of the molecule is Oc1ccccc1C[C@H]1O[C@H]1c1cc(OCc2ccccc2)c(OCc2ccccc2)c(OCc2ccccc2)c1. The summed E-state index contributed by atoms with van der Waals surface area (Å²) < 4.78 is 25.3. The number of phenols is 1. The van der Waals surface area contributed by atoms with Gasteiger partial charge in [0.2, 0.25) is 5.75 Å². The third-order valence-electron chi connectivity index (χ3n) is 7.07. The zero-order chi connectivity index (χ0) is 27.9. The number of benzene rings is 5. The summed E-state index contributed by atoms with van der Waals surface area (Å²) in [5, 5.41) is 10.3. The Bertz CT molecular complexity index is 1490. The molecule has 6 rings (SSSR count). The summed E-state index contributed by atoms with van der Waals surface area (Å²) in [5.74, 6) is 2.04. The number of hydrogen-bond acceptors (Lipinski definition) is 5. The fourth-order valence-corrected chi connectivity index (χ4v) is 4.81. The monoisotopic (exact) mass is 544 g/mol. The first-order valence-corrected chi connectivity index (χ1v) is 13.8. The molecule has 0 aromatic heterocycles. The van der Waals surface area contributed by atoms with Crippen molar-refractivity contribution >= 4 is 0 Å². The highest BCUT2D eigenvalue weighted by molar-refractivity contribution is 5.55. The Morgan fingerprint density at radius 3 is 1.54 bits per heavy atom. The molecule has 41 heavy (non-hydrogen) atoms. The predicted octanol–water partition coefficient (Wildman–Crippen LogP) is 7.81. The summed E-state index contributed by atoms with van der Waals surface area (Å²) in [7, 11) is 0. The molecule has 5 aromatic rings. The first-order chi connectivity index (χ1) is 20.2. The van der Waals surface area contributed by atoms with Crippen molar-refractivity contribution in [3.63, 3.8) is 0 Å². The van der Waals surface area contributed by atoms with Gasteiger partial charge < -0.3 is 24.1 Å². The zero-order valence-corrected chi connectivity index (χ0v) is 22.7. The molecule has 1 N–H and O–H groups in total. The van der Waals surface area contributed by atoms with Gasteiger partial charge in [-0.15, -0.1) is 0 Å². The molecule has 0 saturated carbocycles. The fourth-order valence-electron chi connectivity index (χ4n) is 4.81. The van der Waals surface area contributed by atoms with Crippen LogP contribution in [0.25, 0.3) is 0 Å². The summed E-state index contributed by atoms with van der Waals surface area (Å²) >= 11 is 0. The molecule has 0 unspecified atom stereocenters. The molecular formula is C36H32O5. The smallest absolute Gasteiger partial charge is 0.203 e. The van der Waals surface area contributed by atoms with Crippen molar-refractivity contribution in [1.82, 2.24) is 0 Å². The van der Waals surface area contributed by atoms with Gasteiger partial charge in [-0.1, -0.05) is 109 Å². The van der Waals surface area contributed by atoms with Crippen LogP contribution >= 0.6 is 0 Å². The van der Waals surface area contributed by atoms with Crippen LogP contribution in [0.2, 0.25) is 0 Å². The number of epoxide rings is 1. The number of ether oxygens (including phenoxy) is 4. The summed E-state index contributed by atoms with van der Waals surface area (Å²) in [6.07, 6.45) is 0.420. The quantitative estimate of drug-likeness (QED) is 0.162. The molecule has 1 aliphatic heterocycles. The van der Waals surface area contributed by atoms with Crippen molar-refractivity contribution in [3.05, 3.63) is 155 Å². The first-order valence-electron chi connectivity index (χ1n) is 13.8. The van der Waals surface area contributed by atoms with E-state index in [0.29, 0.717) is 43.5 Å². The maximum absolute atomic E-state index is 10.3. The summed E-state index contributed by atoms with van der Waals surface area (Å²) in [6, 6.07) is 41.5. The van der Waals surface area contributed by atoms with Crippen molar-refractivity contribution < 1.29 is 24.1 Å². The van der Waals surface area contributed by atoms with Gasteiger partial charge in [-0.05, 0) is 46.0 Å². The fraction of sp³-hybridized carbons (Fsp3) is 0.167. The van der Waals surface area contributed by atoms with Gasteiger partial charge >= 0.3 is 0 Å². The average molecular weight is 545 g/mol. The number of para-hydroxylation sites is 1. The van der Waals surface area contributed by atoms with Gasteiger partial charge in [-0.3, -0.25) is 0 Å². The van der Waals surface area contributed by atoms with Crippen LogP contribution in [0.3, 0.4) is 0 Å². The van der Waals surface area contributed by atoms with Crippen LogP contribution in [0.4, 0.5) is 0 Å². The summed E-state index contributed by atoms with van der Waals surface area (Å²) in [4.78, 5) is 0. The van der Waals surface area contributed by atoms with Crippen LogP contribution in [-0.2, 0) is 31.0 Å². The van der Waals surface area contributed by atoms with E-state index in [-0.39, 0.29) is 18.0 Å². The van der Waals surface area contributed by atoms with Gasteiger partial charge in [0.05, 0.1) is 6.10 Å². The van der Waals surface area contributed by atoms with Gasteiger partial charge in [0, 0.05) is 6.42 Å². The summed E-state index contributed by atoms with van der Waals surface area (Å²) in [6.45, 7) is 1.15. The number of phenolic OH excluding ortho intramolecular Hbond substituents is 1. The molecule has 5 nitrogen and oxygen atoms in total. The van der Waals surface area contributed by atoms with Gasteiger partial charge in [-0.2, -0.15) is 0 Å². The summed E-state index contributed by atoms with van der Waals surface area (Å²) in [5.41, 5.74) is 4.97. The molecule has 206 valence electrons. The Hall–Kier alpha value is -4.74. The molecule has 0 radical (unpaired) electrons. The maximum Gasteiger partial charge on any atom is 0.203 e. The Morgan fingerprint density at radius 2 is 1.02 bits per heavy atom. The van der Waals surface area contributed by atoms with Crippen molar-refractivity contribution in [3.8, 4) is 23.0 Å². The third kappa shape index (κ3) is 6.89. The minimum Gasteiger partial charge on any atom is -0.508 e. The molecule has 1 saturated heterocycles. The van der Waals surface area contributed by atoms with E-state index in [9.17, 15) is 5.11 Å². The minimum atomic E-state index is -0.143. The lowest BCUT2D eigenvalue weighted by Gasteiger charge is -2.19. The van der Waals surface area contributed by atoms with Crippen molar-refractivity contribution in [1.29, 1.82) is 0 Å². The second kappa shape index (κ2) is 12.6. The largest absolute Gasteiger partial charge is 0.508 e. The topological polar surface area (TPSA) is 60.5 Å². The molecule has 1 fully saturated rings. The molecule has 1 heterocycles. The van der Waals surface area contributed by atoms with Crippen molar-refractivity contribution in [2.75, 3.05) is 0 Å². The Labute approximate surface area is 240 Å². The second-order valence-corrected chi connectivity index (χ2v) is 10.1. The molecule has 0 spiro atoms. The molecule has 1 aliphatic rings. The van der Waals surface area contributed by atoms with Gasteiger partial charge in [0.15, 0.2) is 11.5 Å². The third-order valence-corrected chi connectivity index (χ3v) is 7.07. The van der Waals surface area contributed by atoms with E-state index in [4.69, 9.17) is 18.9 Å². The van der Waals surface area contributed by atoms with Crippen LogP contribution in [0.1, 0.15) is 33.9 Å². The molecule has 0 amide bonds. The van der Waals surface area contributed by atoms with Crippen LogP contribution < -0.4 is 14.2 Å². The second-order valence-electron chi connectivity index (χ2n) is 10.1.